The third-order valence-electron chi connectivity index (χ3n) is 1.67. The SMILES string of the molecule is CCCCOC(C)COC(=O)CC. The highest BCUT2D eigenvalue weighted by Gasteiger charge is 2.04. The van der Waals surface area contributed by atoms with Crippen molar-refractivity contribution in [2.24, 2.45) is 0 Å². The summed E-state index contributed by atoms with van der Waals surface area (Å²) in [7, 11) is 0. The third kappa shape index (κ3) is 7.78. The van der Waals surface area contributed by atoms with Crippen molar-refractivity contribution in [3.8, 4) is 0 Å². The first-order chi connectivity index (χ1) is 6.20. The number of ether oxygens (including phenoxy) is 2. The first-order valence-corrected chi connectivity index (χ1v) is 4.97. The molecule has 0 saturated carbocycles. The monoisotopic (exact) mass is 188 g/mol. The van der Waals surface area contributed by atoms with E-state index >= 15 is 0 Å². The van der Waals surface area contributed by atoms with Gasteiger partial charge in [0.15, 0.2) is 0 Å². The van der Waals surface area contributed by atoms with E-state index in [1.165, 1.54) is 0 Å². The molecule has 0 aromatic rings. The van der Waals surface area contributed by atoms with Crippen molar-refractivity contribution in [3.63, 3.8) is 0 Å². The van der Waals surface area contributed by atoms with Crippen LogP contribution in [0, 0.1) is 0 Å². The Balaban J connectivity index is 3.29. The van der Waals surface area contributed by atoms with Gasteiger partial charge in [-0.15, -0.1) is 0 Å². The number of carbonyl (C=O) groups is 1. The maximum atomic E-state index is 10.8. The molecule has 0 amide bonds. The van der Waals surface area contributed by atoms with Crippen molar-refractivity contribution in [1.82, 2.24) is 0 Å². The first kappa shape index (κ1) is 12.4. The molecular formula is C10H20O3. The van der Waals surface area contributed by atoms with Crippen molar-refractivity contribution < 1.29 is 14.3 Å². The molecule has 1 atom stereocenters. The Hall–Kier alpha value is -0.570. The maximum absolute atomic E-state index is 10.8. The van der Waals surface area contributed by atoms with Gasteiger partial charge >= 0.3 is 5.97 Å². The molecule has 3 nitrogen and oxygen atoms in total. The zero-order valence-electron chi connectivity index (χ0n) is 8.84. The van der Waals surface area contributed by atoms with E-state index in [4.69, 9.17) is 9.47 Å². The van der Waals surface area contributed by atoms with Gasteiger partial charge in [0.05, 0.1) is 6.10 Å². The van der Waals surface area contributed by atoms with Gasteiger partial charge in [-0.25, -0.2) is 0 Å². The van der Waals surface area contributed by atoms with Crippen LogP contribution in [0.5, 0.6) is 0 Å². The van der Waals surface area contributed by atoms with Crippen LogP contribution in [0.4, 0.5) is 0 Å². The van der Waals surface area contributed by atoms with Crippen LogP contribution < -0.4 is 0 Å². The van der Waals surface area contributed by atoms with Crippen molar-refractivity contribution in [3.05, 3.63) is 0 Å². The summed E-state index contributed by atoms with van der Waals surface area (Å²) in [6.07, 6.45) is 2.64. The summed E-state index contributed by atoms with van der Waals surface area (Å²) in [5.41, 5.74) is 0. The molecule has 0 rings (SSSR count). The van der Waals surface area contributed by atoms with Crippen molar-refractivity contribution in [2.75, 3.05) is 13.2 Å². The number of rotatable bonds is 7. The first-order valence-electron chi connectivity index (χ1n) is 4.97. The molecular weight excluding hydrogens is 168 g/mol. The van der Waals surface area contributed by atoms with Gasteiger partial charge in [0.1, 0.15) is 6.61 Å². The van der Waals surface area contributed by atoms with Crippen LogP contribution in [-0.4, -0.2) is 25.3 Å². The Morgan fingerprint density at radius 2 is 2.08 bits per heavy atom. The van der Waals surface area contributed by atoms with Crippen molar-refractivity contribution in [1.29, 1.82) is 0 Å². The van der Waals surface area contributed by atoms with Gasteiger partial charge in [0, 0.05) is 13.0 Å². The second kappa shape index (κ2) is 8.05. The lowest BCUT2D eigenvalue weighted by atomic mass is 10.3. The molecule has 0 saturated heterocycles. The summed E-state index contributed by atoms with van der Waals surface area (Å²) in [6.45, 7) is 6.94. The Bertz CT molecular complexity index is 134. The van der Waals surface area contributed by atoms with Gasteiger partial charge in [-0.3, -0.25) is 4.79 Å². The molecule has 0 aliphatic carbocycles. The Kier molecular flexibility index (Phi) is 7.69. The maximum Gasteiger partial charge on any atom is 0.305 e. The largest absolute Gasteiger partial charge is 0.463 e. The average Bonchev–Trinajstić information content (AvgIpc) is 2.14. The summed E-state index contributed by atoms with van der Waals surface area (Å²) in [6, 6.07) is 0. The molecule has 0 spiro atoms. The van der Waals surface area contributed by atoms with E-state index in [1.807, 2.05) is 6.92 Å². The van der Waals surface area contributed by atoms with E-state index in [0.29, 0.717) is 13.0 Å². The van der Waals surface area contributed by atoms with Gasteiger partial charge in [0.2, 0.25) is 0 Å². The molecule has 1 unspecified atom stereocenters. The summed E-state index contributed by atoms with van der Waals surface area (Å²) >= 11 is 0. The highest BCUT2D eigenvalue weighted by molar-refractivity contribution is 5.68. The van der Waals surface area contributed by atoms with Crippen LogP contribution in [-0.2, 0) is 14.3 Å². The summed E-state index contributed by atoms with van der Waals surface area (Å²) < 4.78 is 10.3. The number of esters is 1. The molecule has 0 aromatic carbocycles. The number of hydrogen-bond acceptors (Lipinski definition) is 3. The third-order valence-corrected chi connectivity index (χ3v) is 1.67. The summed E-state index contributed by atoms with van der Waals surface area (Å²) in [5.74, 6) is -0.161. The Labute approximate surface area is 80.4 Å². The number of unbranched alkanes of at least 4 members (excludes halogenated alkanes) is 1. The fourth-order valence-corrected chi connectivity index (χ4v) is 0.789. The fraction of sp³-hybridized carbons (Fsp3) is 0.900. The molecule has 0 bridgehead atoms. The Morgan fingerprint density at radius 1 is 1.38 bits per heavy atom. The van der Waals surface area contributed by atoms with Gasteiger partial charge in [-0.2, -0.15) is 0 Å². The van der Waals surface area contributed by atoms with Crippen molar-refractivity contribution in [2.45, 2.75) is 46.1 Å². The Morgan fingerprint density at radius 3 is 2.62 bits per heavy atom. The number of carbonyl (C=O) groups excluding carboxylic acids is 1. The standard InChI is InChI=1S/C10H20O3/c1-4-6-7-12-9(3)8-13-10(11)5-2/h9H,4-8H2,1-3H3. The van der Waals surface area contributed by atoms with Crippen LogP contribution in [0.15, 0.2) is 0 Å². The van der Waals surface area contributed by atoms with Gasteiger partial charge in [-0.1, -0.05) is 20.3 Å². The van der Waals surface area contributed by atoms with Crippen molar-refractivity contribution >= 4 is 5.97 Å². The van der Waals surface area contributed by atoms with E-state index in [0.717, 1.165) is 19.4 Å². The molecule has 0 heterocycles. The molecule has 3 heteroatoms. The molecule has 0 fully saturated rings. The predicted octanol–water partition coefficient (Wildman–Crippen LogP) is 2.14. The minimum atomic E-state index is -0.161. The molecule has 0 aliphatic rings. The molecule has 0 radical (unpaired) electrons. The quantitative estimate of drug-likeness (QED) is 0.453. The normalized spacial score (nSPS) is 12.5. The van der Waals surface area contributed by atoms with E-state index in [9.17, 15) is 4.79 Å². The van der Waals surface area contributed by atoms with E-state index in [-0.39, 0.29) is 12.1 Å². The highest BCUT2D eigenvalue weighted by Crippen LogP contribution is 1.96. The van der Waals surface area contributed by atoms with E-state index in [2.05, 4.69) is 6.92 Å². The molecule has 78 valence electrons. The van der Waals surface area contributed by atoms with Crippen LogP contribution in [0.1, 0.15) is 40.0 Å². The predicted molar refractivity (Wildman–Crippen MR) is 51.6 cm³/mol. The minimum Gasteiger partial charge on any atom is -0.463 e. The van der Waals surface area contributed by atoms with Gasteiger partial charge < -0.3 is 9.47 Å². The molecule has 0 aliphatic heterocycles. The molecule has 0 aromatic heterocycles. The van der Waals surface area contributed by atoms with Crippen LogP contribution in [0.2, 0.25) is 0 Å². The van der Waals surface area contributed by atoms with Gasteiger partial charge in [-0.05, 0) is 13.3 Å². The molecule has 0 N–H and O–H groups in total. The minimum absolute atomic E-state index is 0.0158. The van der Waals surface area contributed by atoms with Crippen LogP contribution >= 0.6 is 0 Å². The van der Waals surface area contributed by atoms with E-state index in [1.54, 1.807) is 6.92 Å². The lowest BCUT2D eigenvalue weighted by Crippen LogP contribution is -2.19. The molecule has 13 heavy (non-hydrogen) atoms. The van der Waals surface area contributed by atoms with E-state index < -0.39 is 0 Å². The average molecular weight is 188 g/mol. The second-order valence-corrected chi connectivity index (χ2v) is 3.07. The summed E-state index contributed by atoms with van der Waals surface area (Å²) in [5, 5.41) is 0. The highest BCUT2D eigenvalue weighted by atomic mass is 16.6. The second-order valence-electron chi connectivity index (χ2n) is 3.07. The van der Waals surface area contributed by atoms with Crippen LogP contribution in [0.3, 0.4) is 0 Å². The smallest absolute Gasteiger partial charge is 0.305 e. The van der Waals surface area contributed by atoms with Crippen LogP contribution in [0.25, 0.3) is 0 Å². The zero-order valence-corrected chi connectivity index (χ0v) is 8.84. The fourth-order valence-electron chi connectivity index (χ4n) is 0.789. The summed E-state index contributed by atoms with van der Waals surface area (Å²) in [4.78, 5) is 10.8. The topological polar surface area (TPSA) is 35.5 Å². The zero-order chi connectivity index (χ0) is 10.1. The van der Waals surface area contributed by atoms with Gasteiger partial charge in [0.25, 0.3) is 0 Å². The lowest BCUT2D eigenvalue weighted by Gasteiger charge is -2.12. The number of hydrogen-bond donors (Lipinski definition) is 0. The lowest BCUT2D eigenvalue weighted by molar-refractivity contribution is -0.147.